The Balaban J connectivity index is 1.75. The molecule has 1 aromatic heterocycles. The Bertz CT molecular complexity index is 826. The predicted octanol–water partition coefficient (Wildman–Crippen LogP) is 1.80. The quantitative estimate of drug-likeness (QED) is 0.706. The van der Waals surface area contributed by atoms with Crippen molar-refractivity contribution < 1.29 is 14.4 Å². The first-order valence-corrected chi connectivity index (χ1v) is 7.67. The van der Waals surface area contributed by atoms with Gasteiger partial charge in [0.05, 0.1) is 7.05 Å². The second-order valence-corrected chi connectivity index (χ2v) is 5.75. The van der Waals surface area contributed by atoms with Gasteiger partial charge in [-0.2, -0.15) is 0 Å². The molecule has 0 aliphatic rings. The average Bonchev–Trinajstić information content (AvgIpc) is 2.80. The Morgan fingerprint density at radius 3 is 2.65 bits per heavy atom. The number of hydrogen-bond acceptors (Lipinski definition) is 3. The smallest absolute Gasteiger partial charge is 0.355 e. The van der Waals surface area contributed by atoms with E-state index >= 15 is 0 Å². The first-order valence-electron chi connectivity index (χ1n) is 7.67. The second-order valence-electron chi connectivity index (χ2n) is 5.75. The van der Waals surface area contributed by atoms with Crippen molar-refractivity contribution in [3.05, 3.63) is 54.1 Å². The molecule has 0 spiro atoms. The summed E-state index contributed by atoms with van der Waals surface area (Å²) in [5.74, 6) is 1.41. The number of para-hydroxylation sites is 3. The van der Waals surface area contributed by atoms with E-state index in [0.29, 0.717) is 12.5 Å². The van der Waals surface area contributed by atoms with E-state index in [1.165, 1.54) is 0 Å². The highest BCUT2D eigenvalue weighted by Crippen LogP contribution is 2.18. The van der Waals surface area contributed by atoms with Gasteiger partial charge in [-0.05, 0) is 30.7 Å². The minimum absolute atomic E-state index is 0.223. The van der Waals surface area contributed by atoms with Crippen LogP contribution in [0.3, 0.4) is 0 Å². The van der Waals surface area contributed by atoms with Crippen molar-refractivity contribution in [2.45, 2.75) is 19.6 Å². The van der Waals surface area contributed by atoms with Crippen molar-refractivity contribution in [2.75, 3.05) is 12.3 Å². The maximum absolute atomic E-state index is 10.3. The number of anilines is 1. The van der Waals surface area contributed by atoms with Gasteiger partial charge in [-0.3, -0.25) is 5.73 Å². The van der Waals surface area contributed by atoms with Crippen molar-refractivity contribution in [3.8, 4) is 5.75 Å². The number of nitrogen functional groups attached to an aromatic ring is 1. The van der Waals surface area contributed by atoms with Crippen LogP contribution in [0.4, 0.5) is 5.95 Å². The van der Waals surface area contributed by atoms with Crippen LogP contribution in [0, 0.1) is 6.92 Å². The molecule has 0 unspecified atom stereocenters. The van der Waals surface area contributed by atoms with Crippen molar-refractivity contribution in [1.29, 1.82) is 0 Å². The van der Waals surface area contributed by atoms with Gasteiger partial charge in [-0.1, -0.05) is 30.3 Å². The van der Waals surface area contributed by atoms with E-state index < -0.39 is 6.10 Å². The van der Waals surface area contributed by atoms with E-state index in [2.05, 4.69) is 0 Å². The minimum Gasteiger partial charge on any atom is -0.490 e. The molecule has 0 fully saturated rings. The molecule has 0 saturated carbocycles. The summed E-state index contributed by atoms with van der Waals surface area (Å²) in [5, 5.41) is 10.3. The molecule has 23 heavy (non-hydrogen) atoms. The maximum Gasteiger partial charge on any atom is 0.355 e. The summed E-state index contributed by atoms with van der Waals surface area (Å²) in [7, 11) is 1.92. The number of fused-ring (bicyclic) bond motifs is 1. The summed E-state index contributed by atoms with van der Waals surface area (Å²) >= 11 is 0. The van der Waals surface area contributed by atoms with Crippen LogP contribution in [0.5, 0.6) is 5.75 Å². The number of rotatable bonds is 5. The van der Waals surface area contributed by atoms with Crippen LogP contribution < -0.4 is 15.0 Å². The van der Waals surface area contributed by atoms with Crippen LogP contribution >= 0.6 is 0 Å². The number of hydrogen-bond donors (Lipinski definition) is 2. The number of nitrogens with zero attached hydrogens (tertiary/aromatic N) is 2. The molecule has 0 amide bonds. The lowest BCUT2D eigenvalue weighted by atomic mass is 10.2. The first-order chi connectivity index (χ1) is 11.1. The molecule has 5 heteroatoms. The molecule has 3 aromatic rings. The monoisotopic (exact) mass is 312 g/mol. The largest absolute Gasteiger partial charge is 0.490 e. The fourth-order valence-electron chi connectivity index (χ4n) is 2.76. The Morgan fingerprint density at radius 2 is 1.87 bits per heavy atom. The van der Waals surface area contributed by atoms with E-state index in [1.54, 1.807) is 0 Å². The Morgan fingerprint density at radius 1 is 1.17 bits per heavy atom. The molecule has 120 valence electrons. The molecule has 0 aliphatic heterocycles. The first kappa shape index (κ1) is 15.4. The zero-order chi connectivity index (χ0) is 16.4. The van der Waals surface area contributed by atoms with Crippen molar-refractivity contribution in [1.82, 2.24) is 4.57 Å². The molecule has 2 aromatic carbocycles. The molecule has 0 aliphatic carbocycles. The number of aromatic nitrogens is 2. The molecule has 3 N–H and O–H groups in total. The molecule has 1 atom stereocenters. The Hall–Kier alpha value is -2.53. The van der Waals surface area contributed by atoms with Crippen molar-refractivity contribution >= 4 is 17.0 Å². The lowest BCUT2D eigenvalue weighted by Crippen LogP contribution is -2.33. The predicted molar refractivity (Wildman–Crippen MR) is 90.2 cm³/mol. The highest BCUT2D eigenvalue weighted by atomic mass is 16.5. The van der Waals surface area contributed by atoms with Gasteiger partial charge < -0.3 is 9.84 Å². The molecular weight excluding hydrogens is 290 g/mol. The van der Waals surface area contributed by atoms with Gasteiger partial charge in [0, 0.05) is 0 Å². The number of aliphatic hydroxyl groups excluding tert-OH is 1. The highest BCUT2D eigenvalue weighted by molar-refractivity contribution is 5.73. The summed E-state index contributed by atoms with van der Waals surface area (Å²) in [6.45, 7) is 2.60. The highest BCUT2D eigenvalue weighted by Gasteiger charge is 2.20. The van der Waals surface area contributed by atoms with Gasteiger partial charge in [-0.15, -0.1) is 0 Å². The molecular formula is C18H22N3O2+. The molecule has 3 rings (SSSR count). The van der Waals surface area contributed by atoms with Crippen LogP contribution in [-0.2, 0) is 13.6 Å². The maximum atomic E-state index is 10.3. The lowest BCUT2D eigenvalue weighted by molar-refractivity contribution is -0.630. The van der Waals surface area contributed by atoms with Gasteiger partial charge in [-0.25, -0.2) is 9.13 Å². The third-order valence-electron chi connectivity index (χ3n) is 4.07. The van der Waals surface area contributed by atoms with Gasteiger partial charge in [0.25, 0.3) is 0 Å². The summed E-state index contributed by atoms with van der Waals surface area (Å²) in [5.41, 5.74) is 9.26. The van der Waals surface area contributed by atoms with Crippen LogP contribution in [0.25, 0.3) is 11.0 Å². The van der Waals surface area contributed by atoms with Crippen LogP contribution in [0.2, 0.25) is 0 Å². The van der Waals surface area contributed by atoms with Crippen LogP contribution in [0.15, 0.2) is 48.5 Å². The van der Waals surface area contributed by atoms with Gasteiger partial charge in [0.2, 0.25) is 0 Å². The summed E-state index contributed by atoms with van der Waals surface area (Å²) in [6, 6.07) is 15.7. The Kier molecular flexibility index (Phi) is 4.21. The lowest BCUT2D eigenvalue weighted by Gasteiger charge is -2.13. The molecule has 0 saturated heterocycles. The zero-order valence-electron chi connectivity index (χ0n) is 13.4. The number of nitrogens with two attached hydrogens (primary N) is 1. The van der Waals surface area contributed by atoms with Gasteiger partial charge >= 0.3 is 5.95 Å². The molecule has 5 nitrogen and oxygen atoms in total. The second kappa shape index (κ2) is 6.30. The number of benzene rings is 2. The summed E-state index contributed by atoms with van der Waals surface area (Å²) in [6.07, 6.45) is -0.646. The van der Waals surface area contributed by atoms with E-state index in [-0.39, 0.29) is 6.61 Å². The van der Waals surface area contributed by atoms with Crippen molar-refractivity contribution in [3.63, 3.8) is 0 Å². The fourth-order valence-corrected chi connectivity index (χ4v) is 2.76. The Labute approximate surface area is 135 Å². The number of aryl methyl sites for hydroxylation is 2. The standard InChI is InChI=1S/C18H21N3O2/c1-13-7-3-6-10-17(13)23-12-14(22)11-21-16-9-5-4-8-15(16)20(2)18(21)19/h3-10,14,19,22H,11-12H2,1-2H3/p+1/t14-/m1/s1. The number of aliphatic hydroxyl groups is 1. The topological polar surface area (TPSA) is 64.3 Å². The van der Waals surface area contributed by atoms with E-state index in [9.17, 15) is 5.11 Å². The minimum atomic E-state index is -0.646. The van der Waals surface area contributed by atoms with E-state index in [4.69, 9.17) is 10.5 Å². The molecule has 1 heterocycles. The summed E-state index contributed by atoms with van der Waals surface area (Å²) in [4.78, 5) is 0. The van der Waals surface area contributed by atoms with Crippen LogP contribution in [-0.4, -0.2) is 22.4 Å². The van der Waals surface area contributed by atoms with Crippen LogP contribution in [0.1, 0.15) is 5.56 Å². The molecule has 0 radical (unpaired) electrons. The van der Waals surface area contributed by atoms with Crippen molar-refractivity contribution in [2.24, 2.45) is 7.05 Å². The van der Waals surface area contributed by atoms with E-state index in [0.717, 1.165) is 22.3 Å². The van der Waals surface area contributed by atoms with Gasteiger partial charge in [0.1, 0.15) is 36.0 Å². The fraction of sp³-hybridized carbons (Fsp3) is 0.278. The number of imidazole rings is 1. The third kappa shape index (κ3) is 3.00. The van der Waals surface area contributed by atoms with Gasteiger partial charge in [0.15, 0.2) is 0 Å². The normalized spacial score (nSPS) is 12.5. The number of ether oxygens (including phenoxy) is 1. The average molecular weight is 312 g/mol. The summed E-state index contributed by atoms with van der Waals surface area (Å²) < 4.78 is 9.56. The van der Waals surface area contributed by atoms with E-state index in [1.807, 2.05) is 71.6 Å². The third-order valence-corrected chi connectivity index (χ3v) is 4.07. The molecule has 0 bridgehead atoms. The zero-order valence-corrected chi connectivity index (χ0v) is 13.4. The SMILES string of the molecule is Cc1ccccc1OC[C@H](O)Cn1c(N)[n+](C)c2ccccc21.